The molecule has 0 unspecified atom stereocenters. The molecule has 50 heavy (non-hydrogen) atoms. The van der Waals surface area contributed by atoms with E-state index in [1.807, 2.05) is 66.2 Å². The van der Waals surface area contributed by atoms with Crippen molar-refractivity contribution < 1.29 is 4.42 Å². The normalized spacial score (nSPS) is 11.6. The molecule has 0 spiro atoms. The van der Waals surface area contributed by atoms with E-state index in [4.69, 9.17) is 14.4 Å². The van der Waals surface area contributed by atoms with Gasteiger partial charge in [-0.3, -0.25) is 4.98 Å². The van der Waals surface area contributed by atoms with E-state index >= 15 is 0 Å². The van der Waals surface area contributed by atoms with Crippen molar-refractivity contribution in [1.29, 1.82) is 0 Å². The molecule has 0 saturated heterocycles. The second kappa shape index (κ2) is 11.6. The van der Waals surface area contributed by atoms with Crippen LogP contribution in [0.3, 0.4) is 0 Å². The molecule has 0 atom stereocenters. The molecule has 0 aliphatic heterocycles. The topological polar surface area (TPSA) is 51.8 Å². The first-order valence-electron chi connectivity index (χ1n) is 16.6. The minimum atomic E-state index is 0.669. The number of aromatic nitrogens is 3. The second-order valence-electron chi connectivity index (χ2n) is 12.4. The zero-order valence-corrected chi connectivity index (χ0v) is 27.6. The van der Waals surface area contributed by atoms with Crippen molar-refractivity contribution >= 4 is 53.4 Å². The number of hydrogen-bond donors (Lipinski definition) is 0. The fourth-order valence-corrected chi connectivity index (χ4v) is 8.27. The summed E-state index contributed by atoms with van der Waals surface area (Å²) >= 11 is 1.83. The van der Waals surface area contributed by atoms with Crippen molar-refractivity contribution in [3.8, 4) is 56.2 Å². The van der Waals surface area contributed by atoms with Gasteiger partial charge in [0.2, 0.25) is 0 Å². The Morgan fingerprint density at radius 3 is 2.00 bits per heavy atom. The highest BCUT2D eigenvalue weighted by atomic mass is 32.1. The predicted octanol–water partition coefficient (Wildman–Crippen LogP) is 12.5. The minimum absolute atomic E-state index is 0.669. The SMILES string of the molecule is c1ccc(-c2cc(-c3ccc(-c4cccc5c4sc4ccccc45)c4oc5ccccc5c34)nc(-c3ccc(-c4ccncc4)cc3)n2)cc1. The summed E-state index contributed by atoms with van der Waals surface area (Å²) in [6, 6.07) is 52.8. The van der Waals surface area contributed by atoms with Gasteiger partial charge in [0.25, 0.3) is 0 Å². The number of pyridine rings is 1. The molecule has 0 fully saturated rings. The van der Waals surface area contributed by atoms with Crippen LogP contribution in [0.15, 0.2) is 168 Å². The Bertz CT molecular complexity index is 2860. The van der Waals surface area contributed by atoms with E-state index in [2.05, 4.69) is 114 Å². The summed E-state index contributed by atoms with van der Waals surface area (Å²) in [5.41, 5.74) is 10.9. The number of para-hydroxylation sites is 1. The summed E-state index contributed by atoms with van der Waals surface area (Å²) in [7, 11) is 0. The molecule has 10 aromatic rings. The Balaban J connectivity index is 1.20. The number of rotatable bonds is 5. The number of benzene rings is 6. The monoisotopic (exact) mass is 657 g/mol. The molecule has 0 amide bonds. The van der Waals surface area contributed by atoms with Gasteiger partial charge in [-0.25, -0.2) is 9.97 Å². The zero-order valence-electron chi connectivity index (χ0n) is 26.7. The highest BCUT2D eigenvalue weighted by Gasteiger charge is 2.21. The Kier molecular flexibility index (Phi) is 6.64. The number of hydrogen-bond acceptors (Lipinski definition) is 5. The third-order valence-electron chi connectivity index (χ3n) is 9.45. The highest BCUT2D eigenvalue weighted by molar-refractivity contribution is 7.26. The lowest BCUT2D eigenvalue weighted by molar-refractivity contribution is 0.670. The molecule has 0 saturated carbocycles. The van der Waals surface area contributed by atoms with Crippen molar-refractivity contribution in [2.45, 2.75) is 0 Å². The van der Waals surface area contributed by atoms with Gasteiger partial charge in [0.1, 0.15) is 11.2 Å². The number of nitrogens with zero attached hydrogens (tertiary/aromatic N) is 3. The van der Waals surface area contributed by atoms with Gasteiger partial charge in [-0.15, -0.1) is 11.3 Å². The first-order valence-corrected chi connectivity index (χ1v) is 17.4. The maximum absolute atomic E-state index is 6.76. The molecule has 0 aliphatic rings. The van der Waals surface area contributed by atoms with Crippen molar-refractivity contribution in [3.63, 3.8) is 0 Å². The summed E-state index contributed by atoms with van der Waals surface area (Å²) < 4.78 is 9.30. The van der Waals surface area contributed by atoms with Gasteiger partial charge in [-0.05, 0) is 47.5 Å². The summed E-state index contributed by atoms with van der Waals surface area (Å²) in [6.07, 6.45) is 3.63. The smallest absolute Gasteiger partial charge is 0.160 e. The van der Waals surface area contributed by atoms with Gasteiger partial charge in [-0.1, -0.05) is 115 Å². The van der Waals surface area contributed by atoms with Gasteiger partial charge in [0, 0.05) is 71.2 Å². The van der Waals surface area contributed by atoms with Crippen molar-refractivity contribution in [2.24, 2.45) is 0 Å². The standard InChI is InChI=1S/C45H27N3OS/c1-2-9-30(10-3-1)38-27-39(48-45(47-38)31-19-17-28(18-20-31)29-23-25-46-26-24-29)36-22-21-33(43-42(36)37-12-4-6-15-40(37)49-43)35-14-8-13-34-32-11-5-7-16-41(32)50-44(34)35/h1-27H. The van der Waals surface area contributed by atoms with Crippen LogP contribution in [-0.4, -0.2) is 15.0 Å². The van der Waals surface area contributed by atoms with Crippen LogP contribution >= 0.6 is 11.3 Å². The zero-order chi connectivity index (χ0) is 33.0. The molecule has 4 heterocycles. The maximum Gasteiger partial charge on any atom is 0.160 e. The summed E-state index contributed by atoms with van der Waals surface area (Å²) in [5.74, 6) is 0.669. The van der Waals surface area contributed by atoms with Crippen LogP contribution in [0.4, 0.5) is 0 Å². The lowest BCUT2D eigenvalue weighted by Crippen LogP contribution is -1.96. The van der Waals surface area contributed by atoms with E-state index in [9.17, 15) is 0 Å². The molecule has 5 heteroatoms. The van der Waals surface area contributed by atoms with E-state index in [1.54, 1.807) is 0 Å². The maximum atomic E-state index is 6.76. The van der Waals surface area contributed by atoms with Crippen LogP contribution in [0.25, 0.3) is 98.3 Å². The third-order valence-corrected chi connectivity index (χ3v) is 10.7. The summed E-state index contributed by atoms with van der Waals surface area (Å²) in [6.45, 7) is 0. The fraction of sp³-hybridized carbons (Fsp3) is 0. The van der Waals surface area contributed by atoms with Gasteiger partial charge in [0.15, 0.2) is 5.82 Å². The lowest BCUT2D eigenvalue weighted by atomic mass is 9.95. The largest absolute Gasteiger partial charge is 0.455 e. The molecule has 0 aliphatic carbocycles. The molecule has 4 aromatic heterocycles. The Hall–Kier alpha value is -6.43. The van der Waals surface area contributed by atoms with Gasteiger partial charge in [0.05, 0.1) is 11.4 Å². The first kappa shape index (κ1) is 28.6. The minimum Gasteiger partial charge on any atom is -0.455 e. The third kappa shape index (κ3) is 4.71. The van der Waals surface area contributed by atoms with Crippen LogP contribution in [-0.2, 0) is 0 Å². The molecular weight excluding hydrogens is 631 g/mol. The lowest BCUT2D eigenvalue weighted by Gasteiger charge is -2.12. The van der Waals surface area contributed by atoms with E-state index in [0.29, 0.717) is 5.82 Å². The highest BCUT2D eigenvalue weighted by Crippen LogP contribution is 2.46. The Morgan fingerprint density at radius 2 is 1.14 bits per heavy atom. The Labute approximate surface area is 292 Å². The molecular formula is C45H27N3OS. The van der Waals surface area contributed by atoms with Crippen molar-refractivity contribution in [2.75, 3.05) is 0 Å². The molecule has 6 aromatic carbocycles. The molecule has 10 rings (SSSR count). The quantitative estimate of drug-likeness (QED) is 0.185. The van der Waals surface area contributed by atoms with Gasteiger partial charge >= 0.3 is 0 Å². The van der Waals surface area contributed by atoms with E-state index < -0.39 is 0 Å². The summed E-state index contributed by atoms with van der Waals surface area (Å²) in [4.78, 5) is 14.5. The average Bonchev–Trinajstić information content (AvgIpc) is 3.78. The van der Waals surface area contributed by atoms with Gasteiger partial charge < -0.3 is 4.42 Å². The number of thiophene rings is 1. The van der Waals surface area contributed by atoms with Crippen molar-refractivity contribution in [1.82, 2.24) is 15.0 Å². The van der Waals surface area contributed by atoms with Crippen LogP contribution < -0.4 is 0 Å². The summed E-state index contributed by atoms with van der Waals surface area (Å²) in [5, 5.41) is 4.65. The van der Waals surface area contributed by atoms with Crippen LogP contribution in [0.2, 0.25) is 0 Å². The average molecular weight is 658 g/mol. The number of fused-ring (bicyclic) bond motifs is 6. The van der Waals surface area contributed by atoms with Crippen molar-refractivity contribution in [3.05, 3.63) is 164 Å². The van der Waals surface area contributed by atoms with E-state index in [1.165, 1.54) is 25.7 Å². The van der Waals surface area contributed by atoms with Crippen LogP contribution in [0, 0.1) is 0 Å². The van der Waals surface area contributed by atoms with Crippen LogP contribution in [0.1, 0.15) is 0 Å². The number of furan rings is 1. The fourth-order valence-electron chi connectivity index (χ4n) is 7.04. The molecule has 4 nitrogen and oxygen atoms in total. The Morgan fingerprint density at radius 1 is 0.460 bits per heavy atom. The van der Waals surface area contributed by atoms with Crippen LogP contribution in [0.5, 0.6) is 0 Å². The second-order valence-corrected chi connectivity index (χ2v) is 13.4. The van der Waals surface area contributed by atoms with E-state index in [0.717, 1.165) is 66.7 Å². The molecule has 0 bridgehead atoms. The molecule has 0 radical (unpaired) electrons. The molecule has 234 valence electrons. The van der Waals surface area contributed by atoms with Gasteiger partial charge in [-0.2, -0.15) is 0 Å². The first-order chi connectivity index (χ1) is 24.8. The predicted molar refractivity (Wildman–Crippen MR) is 207 cm³/mol. The molecule has 0 N–H and O–H groups in total. The van der Waals surface area contributed by atoms with E-state index in [-0.39, 0.29) is 0 Å².